The maximum absolute atomic E-state index is 13.0. The second-order valence-electron chi connectivity index (χ2n) is 8.48. The molecule has 0 saturated heterocycles. The molecule has 158 valence electrons. The van der Waals surface area contributed by atoms with Crippen LogP contribution >= 0.6 is 11.3 Å². The van der Waals surface area contributed by atoms with Gasteiger partial charge in [0.25, 0.3) is 5.91 Å². The fraction of sp³-hybridized carbons (Fsp3) is 0.591. The maximum atomic E-state index is 13.0. The van der Waals surface area contributed by atoms with Gasteiger partial charge in [0, 0.05) is 4.88 Å². The largest absolute Gasteiger partial charge is 0.481 e. The lowest BCUT2D eigenvalue weighted by molar-refractivity contribution is -0.146. The van der Waals surface area contributed by atoms with Crippen LogP contribution in [0.5, 0.6) is 0 Å². The monoisotopic (exact) mass is 418 g/mol. The van der Waals surface area contributed by atoms with E-state index in [-0.39, 0.29) is 5.91 Å². The van der Waals surface area contributed by atoms with E-state index in [0.717, 1.165) is 53.7 Å². The number of allylic oxidation sites excluding steroid dienone is 2. The molecule has 0 bridgehead atoms. The standard InChI is InChI=1S/C22H30N2O4S/c1-4-5-13-6-7-14-17(10-13)29-21(18(14)19(23)25)24-20(26)15-8-11(2)12(3)9-16(15)22(27)28/h13,15-16H,4-10H2,1-3H3,(H2,23,25)(H,24,26)(H,27,28)/t13-,15+,16-/m0/s1. The van der Waals surface area contributed by atoms with Crippen LogP contribution in [0.3, 0.4) is 0 Å². The van der Waals surface area contributed by atoms with Crippen LogP contribution < -0.4 is 11.1 Å². The molecule has 0 fully saturated rings. The molecule has 3 rings (SSSR count). The van der Waals surface area contributed by atoms with Crippen molar-refractivity contribution in [3.8, 4) is 0 Å². The fourth-order valence-electron chi connectivity index (χ4n) is 4.69. The minimum absolute atomic E-state index is 0.338. The van der Waals surface area contributed by atoms with E-state index in [2.05, 4.69) is 12.2 Å². The number of carboxylic acids is 1. The summed E-state index contributed by atoms with van der Waals surface area (Å²) in [5.41, 5.74) is 9.14. The average molecular weight is 419 g/mol. The Kier molecular flexibility index (Phi) is 6.46. The Hall–Kier alpha value is -2.15. The Bertz CT molecular complexity index is 870. The third-order valence-electron chi connectivity index (χ3n) is 6.47. The number of hydrogen-bond donors (Lipinski definition) is 3. The maximum Gasteiger partial charge on any atom is 0.307 e. The van der Waals surface area contributed by atoms with Crippen molar-refractivity contribution >= 4 is 34.1 Å². The highest BCUT2D eigenvalue weighted by molar-refractivity contribution is 7.17. The molecule has 1 heterocycles. The number of thiophene rings is 1. The highest BCUT2D eigenvalue weighted by atomic mass is 32.1. The molecule has 29 heavy (non-hydrogen) atoms. The van der Waals surface area contributed by atoms with Gasteiger partial charge < -0.3 is 16.2 Å². The van der Waals surface area contributed by atoms with Crippen LogP contribution in [0.4, 0.5) is 5.00 Å². The zero-order valence-corrected chi connectivity index (χ0v) is 18.2. The minimum atomic E-state index is -0.958. The Labute approximate surface area is 175 Å². The van der Waals surface area contributed by atoms with Gasteiger partial charge in [0.1, 0.15) is 5.00 Å². The molecule has 0 radical (unpaired) electrons. The first-order valence-electron chi connectivity index (χ1n) is 10.4. The number of carbonyl (C=O) groups excluding carboxylic acids is 2. The van der Waals surface area contributed by atoms with Crippen molar-refractivity contribution in [1.82, 2.24) is 0 Å². The number of carboxylic acid groups (broad SMARTS) is 1. The van der Waals surface area contributed by atoms with E-state index in [9.17, 15) is 19.5 Å². The summed E-state index contributed by atoms with van der Waals surface area (Å²) in [6.45, 7) is 6.04. The molecule has 2 aliphatic carbocycles. The number of aliphatic carboxylic acids is 1. The van der Waals surface area contributed by atoms with Crippen molar-refractivity contribution in [1.29, 1.82) is 0 Å². The SMILES string of the molecule is CCC[C@H]1CCc2c(sc(NC(=O)[C@@H]3CC(C)=C(C)C[C@@H]3C(=O)O)c2C(N)=O)C1. The van der Waals surface area contributed by atoms with Gasteiger partial charge in [0.15, 0.2) is 0 Å². The quantitative estimate of drug-likeness (QED) is 0.603. The van der Waals surface area contributed by atoms with Crippen LogP contribution in [-0.2, 0) is 22.4 Å². The van der Waals surface area contributed by atoms with Gasteiger partial charge in [0.2, 0.25) is 5.91 Å². The van der Waals surface area contributed by atoms with Crippen LogP contribution in [0.15, 0.2) is 11.1 Å². The van der Waals surface area contributed by atoms with Crippen LogP contribution in [0, 0.1) is 17.8 Å². The summed E-state index contributed by atoms with van der Waals surface area (Å²) in [5.74, 6) is -2.63. The molecule has 0 spiro atoms. The number of primary amides is 1. The summed E-state index contributed by atoms with van der Waals surface area (Å²) in [7, 11) is 0. The fourth-order valence-corrected chi connectivity index (χ4v) is 6.06. The molecule has 0 aromatic carbocycles. The lowest BCUT2D eigenvalue weighted by atomic mass is 9.76. The van der Waals surface area contributed by atoms with Crippen LogP contribution in [0.2, 0.25) is 0 Å². The molecule has 2 aliphatic rings. The molecule has 0 unspecified atom stereocenters. The lowest BCUT2D eigenvalue weighted by Crippen LogP contribution is -2.36. The summed E-state index contributed by atoms with van der Waals surface area (Å²) >= 11 is 1.43. The molecule has 1 aromatic heterocycles. The van der Waals surface area contributed by atoms with E-state index >= 15 is 0 Å². The Morgan fingerprint density at radius 1 is 1.14 bits per heavy atom. The normalized spacial score (nSPS) is 24.2. The van der Waals surface area contributed by atoms with Crippen molar-refractivity contribution < 1.29 is 19.5 Å². The third-order valence-corrected chi connectivity index (χ3v) is 7.64. The second-order valence-corrected chi connectivity index (χ2v) is 9.58. The number of hydrogen-bond acceptors (Lipinski definition) is 4. The summed E-state index contributed by atoms with van der Waals surface area (Å²) < 4.78 is 0. The number of anilines is 1. The van der Waals surface area contributed by atoms with Gasteiger partial charge in [-0.15, -0.1) is 11.3 Å². The first-order valence-corrected chi connectivity index (χ1v) is 11.2. The minimum Gasteiger partial charge on any atom is -0.481 e. The number of rotatable bonds is 6. The van der Waals surface area contributed by atoms with E-state index in [1.807, 2.05) is 13.8 Å². The molecule has 7 heteroatoms. The number of amides is 2. The van der Waals surface area contributed by atoms with Crippen LogP contribution in [0.1, 0.15) is 73.7 Å². The molecular weight excluding hydrogens is 388 g/mol. The number of fused-ring (bicyclic) bond motifs is 1. The number of nitrogens with two attached hydrogens (primary N) is 1. The average Bonchev–Trinajstić information content (AvgIpc) is 3.00. The van der Waals surface area contributed by atoms with E-state index in [0.29, 0.717) is 29.3 Å². The molecule has 6 nitrogen and oxygen atoms in total. The number of carbonyl (C=O) groups is 3. The van der Waals surface area contributed by atoms with Gasteiger partial charge in [-0.1, -0.05) is 30.9 Å². The molecule has 3 atom stereocenters. The molecule has 0 aliphatic heterocycles. The first-order chi connectivity index (χ1) is 13.7. The predicted octanol–water partition coefficient (Wildman–Crippen LogP) is 4.14. The van der Waals surface area contributed by atoms with Gasteiger partial charge in [-0.3, -0.25) is 14.4 Å². The zero-order chi connectivity index (χ0) is 21.3. The Morgan fingerprint density at radius 3 is 2.38 bits per heavy atom. The van der Waals surface area contributed by atoms with Gasteiger partial charge >= 0.3 is 5.97 Å². The Balaban J connectivity index is 1.87. The smallest absolute Gasteiger partial charge is 0.307 e. The van der Waals surface area contributed by atoms with Gasteiger partial charge in [-0.05, 0) is 57.4 Å². The zero-order valence-electron chi connectivity index (χ0n) is 17.3. The van der Waals surface area contributed by atoms with E-state index in [1.54, 1.807) is 0 Å². The molecule has 1 aromatic rings. The summed E-state index contributed by atoms with van der Waals surface area (Å²) in [6.07, 6.45) is 5.81. The van der Waals surface area contributed by atoms with E-state index < -0.39 is 23.7 Å². The third kappa shape index (κ3) is 4.39. The summed E-state index contributed by atoms with van der Waals surface area (Å²) in [4.78, 5) is 38.1. The highest BCUT2D eigenvalue weighted by Crippen LogP contribution is 2.42. The summed E-state index contributed by atoms with van der Waals surface area (Å²) in [5, 5.41) is 13.0. The highest BCUT2D eigenvalue weighted by Gasteiger charge is 2.38. The van der Waals surface area contributed by atoms with Crippen LogP contribution in [-0.4, -0.2) is 22.9 Å². The first kappa shape index (κ1) is 21.6. The second kappa shape index (κ2) is 8.69. The molecular formula is C22H30N2O4S. The predicted molar refractivity (Wildman–Crippen MR) is 114 cm³/mol. The molecule has 2 amide bonds. The van der Waals surface area contributed by atoms with Gasteiger partial charge in [0.05, 0.1) is 17.4 Å². The van der Waals surface area contributed by atoms with E-state index in [1.165, 1.54) is 11.3 Å². The van der Waals surface area contributed by atoms with Crippen molar-refractivity contribution in [2.45, 2.75) is 65.7 Å². The number of nitrogens with one attached hydrogen (secondary N) is 1. The van der Waals surface area contributed by atoms with E-state index in [4.69, 9.17) is 5.73 Å². The molecule has 0 saturated carbocycles. The van der Waals surface area contributed by atoms with Crippen LogP contribution in [0.25, 0.3) is 0 Å². The van der Waals surface area contributed by atoms with Gasteiger partial charge in [-0.2, -0.15) is 0 Å². The Morgan fingerprint density at radius 2 is 1.79 bits per heavy atom. The van der Waals surface area contributed by atoms with Gasteiger partial charge in [-0.25, -0.2) is 0 Å². The van der Waals surface area contributed by atoms with Crippen molar-refractivity contribution in [2.75, 3.05) is 5.32 Å². The topological polar surface area (TPSA) is 109 Å². The lowest BCUT2D eigenvalue weighted by Gasteiger charge is -2.29. The van der Waals surface area contributed by atoms with Crippen molar-refractivity contribution in [3.05, 3.63) is 27.2 Å². The van der Waals surface area contributed by atoms with Crippen molar-refractivity contribution in [2.24, 2.45) is 23.5 Å². The van der Waals surface area contributed by atoms with Crippen molar-refractivity contribution in [3.63, 3.8) is 0 Å². The molecule has 4 N–H and O–H groups in total. The summed E-state index contributed by atoms with van der Waals surface area (Å²) in [6, 6.07) is 0.